The summed E-state index contributed by atoms with van der Waals surface area (Å²) in [5.74, 6) is -0.732. The van der Waals surface area contributed by atoms with Gasteiger partial charge in [0.15, 0.2) is 0 Å². The average Bonchev–Trinajstić information content (AvgIpc) is 2.86. The molecule has 0 aliphatic rings. The second-order valence-electron chi connectivity index (χ2n) is 4.47. The molecule has 1 atom stereocenters. The van der Waals surface area contributed by atoms with Gasteiger partial charge in [-0.2, -0.15) is 0 Å². The maximum Gasteiger partial charge on any atom is 0.328 e. The lowest BCUT2D eigenvalue weighted by Gasteiger charge is -2.14. The van der Waals surface area contributed by atoms with Gasteiger partial charge in [0.2, 0.25) is 0 Å². The summed E-state index contributed by atoms with van der Waals surface area (Å²) >= 11 is 0. The molecule has 0 N–H and O–H groups in total. The van der Waals surface area contributed by atoms with Crippen LogP contribution in [0.4, 0.5) is 0 Å². The number of rotatable bonds is 5. The minimum absolute atomic E-state index is 0.0714. The molecule has 0 aliphatic carbocycles. The molecular formula is C15H17NO4. The van der Waals surface area contributed by atoms with E-state index in [4.69, 9.17) is 9.47 Å². The Labute approximate surface area is 117 Å². The average molecular weight is 275 g/mol. The number of para-hydroxylation sites is 1. The lowest BCUT2D eigenvalue weighted by Crippen LogP contribution is -2.20. The van der Waals surface area contributed by atoms with E-state index in [9.17, 15) is 9.59 Å². The summed E-state index contributed by atoms with van der Waals surface area (Å²) in [5, 5.41) is 1.08. The van der Waals surface area contributed by atoms with Gasteiger partial charge in [0.1, 0.15) is 19.3 Å². The minimum atomic E-state index is -0.424. The predicted molar refractivity (Wildman–Crippen MR) is 74.2 cm³/mol. The fourth-order valence-electron chi connectivity index (χ4n) is 2.00. The molecule has 5 heteroatoms. The Morgan fingerprint density at radius 1 is 1.15 bits per heavy atom. The van der Waals surface area contributed by atoms with Gasteiger partial charge in [0.05, 0.1) is 0 Å². The second-order valence-corrected chi connectivity index (χ2v) is 4.47. The normalized spacial score (nSPS) is 12.1. The Bertz CT molecular complexity index is 617. The topological polar surface area (TPSA) is 57.5 Å². The first-order valence-electron chi connectivity index (χ1n) is 6.45. The summed E-state index contributed by atoms with van der Waals surface area (Å²) in [4.78, 5) is 22.5. The molecule has 0 spiro atoms. The molecule has 2 rings (SSSR count). The smallest absolute Gasteiger partial charge is 0.328 e. The number of esters is 2. The van der Waals surface area contributed by atoms with Crippen LogP contribution in [0.2, 0.25) is 0 Å². The first-order chi connectivity index (χ1) is 9.59. The van der Waals surface area contributed by atoms with Gasteiger partial charge in [-0.3, -0.25) is 4.79 Å². The highest BCUT2D eigenvalue weighted by molar-refractivity contribution is 5.83. The molecule has 1 unspecified atom stereocenters. The van der Waals surface area contributed by atoms with Crippen LogP contribution in [0.5, 0.6) is 0 Å². The third-order valence-corrected chi connectivity index (χ3v) is 3.02. The number of aromatic nitrogens is 1. The number of carbonyl (C=O) groups is 2. The molecule has 2 aromatic rings. The van der Waals surface area contributed by atoms with Crippen LogP contribution in [-0.2, 0) is 19.1 Å². The molecule has 1 heterocycles. The first-order valence-corrected chi connectivity index (χ1v) is 6.45. The summed E-state index contributed by atoms with van der Waals surface area (Å²) in [6, 6.07) is 9.36. The number of hydrogen-bond acceptors (Lipinski definition) is 4. The number of hydrogen-bond donors (Lipinski definition) is 0. The van der Waals surface area contributed by atoms with Gasteiger partial charge in [-0.1, -0.05) is 18.2 Å². The third-order valence-electron chi connectivity index (χ3n) is 3.02. The lowest BCUT2D eigenvalue weighted by molar-refractivity contribution is -0.153. The van der Waals surface area contributed by atoms with Gasteiger partial charge in [-0.25, -0.2) is 4.79 Å². The van der Waals surface area contributed by atoms with Crippen LogP contribution in [0.25, 0.3) is 10.9 Å². The van der Waals surface area contributed by atoms with E-state index in [0.717, 1.165) is 10.9 Å². The van der Waals surface area contributed by atoms with Crippen LogP contribution in [0.15, 0.2) is 36.5 Å². The summed E-state index contributed by atoms with van der Waals surface area (Å²) in [6.07, 6.45) is 1.86. The molecule has 0 fully saturated rings. The van der Waals surface area contributed by atoms with Crippen LogP contribution in [0.1, 0.15) is 19.9 Å². The van der Waals surface area contributed by atoms with E-state index in [1.54, 1.807) is 6.92 Å². The molecule has 0 saturated heterocycles. The summed E-state index contributed by atoms with van der Waals surface area (Å²) in [5.41, 5.74) is 0.983. The van der Waals surface area contributed by atoms with Crippen molar-refractivity contribution in [2.75, 3.05) is 13.2 Å². The van der Waals surface area contributed by atoms with Crippen molar-refractivity contribution in [3.63, 3.8) is 0 Å². The molecule has 20 heavy (non-hydrogen) atoms. The zero-order chi connectivity index (χ0) is 14.5. The Hall–Kier alpha value is -2.30. The van der Waals surface area contributed by atoms with E-state index in [2.05, 4.69) is 0 Å². The largest absolute Gasteiger partial charge is 0.462 e. The van der Waals surface area contributed by atoms with E-state index in [1.165, 1.54) is 6.92 Å². The van der Waals surface area contributed by atoms with Crippen molar-refractivity contribution in [3.05, 3.63) is 36.5 Å². The highest BCUT2D eigenvalue weighted by atomic mass is 16.6. The SMILES string of the molecule is CC(=O)OCCOC(=O)C(C)n1ccc2ccccc21. The zero-order valence-electron chi connectivity index (χ0n) is 11.5. The number of carbonyl (C=O) groups excluding carboxylic acids is 2. The predicted octanol–water partition coefficient (Wildman–Crippen LogP) is 2.31. The fourth-order valence-corrected chi connectivity index (χ4v) is 2.00. The van der Waals surface area contributed by atoms with Crippen LogP contribution in [0.3, 0.4) is 0 Å². The first kappa shape index (κ1) is 14.1. The maximum atomic E-state index is 11.9. The Balaban J connectivity index is 1.98. The van der Waals surface area contributed by atoms with E-state index in [-0.39, 0.29) is 25.2 Å². The van der Waals surface area contributed by atoms with E-state index in [1.807, 2.05) is 41.1 Å². The van der Waals surface area contributed by atoms with E-state index >= 15 is 0 Å². The van der Waals surface area contributed by atoms with Crippen LogP contribution in [0, 0.1) is 0 Å². The summed E-state index contributed by atoms with van der Waals surface area (Å²) < 4.78 is 11.7. The van der Waals surface area contributed by atoms with Crippen molar-refractivity contribution < 1.29 is 19.1 Å². The summed E-state index contributed by atoms with van der Waals surface area (Å²) in [7, 11) is 0. The Morgan fingerprint density at radius 2 is 1.85 bits per heavy atom. The molecule has 1 aromatic carbocycles. The van der Waals surface area contributed by atoms with Gasteiger partial charge in [0.25, 0.3) is 0 Å². The second kappa shape index (κ2) is 6.23. The van der Waals surface area contributed by atoms with E-state index < -0.39 is 6.04 Å². The molecule has 0 bridgehead atoms. The minimum Gasteiger partial charge on any atom is -0.462 e. The van der Waals surface area contributed by atoms with Crippen LogP contribution >= 0.6 is 0 Å². The van der Waals surface area contributed by atoms with Crippen LogP contribution < -0.4 is 0 Å². The maximum absolute atomic E-state index is 11.9. The standard InChI is InChI=1S/C15H17NO4/c1-11(15(18)20-10-9-19-12(2)17)16-8-7-13-5-3-4-6-14(13)16/h3-8,11H,9-10H2,1-2H3. The van der Waals surface area contributed by atoms with Gasteiger partial charge >= 0.3 is 11.9 Å². The molecule has 5 nitrogen and oxygen atoms in total. The Morgan fingerprint density at radius 3 is 2.60 bits per heavy atom. The third kappa shape index (κ3) is 3.17. The molecule has 0 aliphatic heterocycles. The van der Waals surface area contributed by atoms with E-state index in [0.29, 0.717) is 0 Å². The Kier molecular flexibility index (Phi) is 4.40. The number of nitrogens with zero attached hydrogens (tertiary/aromatic N) is 1. The van der Waals surface area contributed by atoms with Crippen LogP contribution in [-0.4, -0.2) is 29.7 Å². The molecule has 1 aromatic heterocycles. The van der Waals surface area contributed by atoms with Gasteiger partial charge in [-0.05, 0) is 24.4 Å². The van der Waals surface area contributed by atoms with Crippen molar-refractivity contribution in [1.82, 2.24) is 4.57 Å². The fraction of sp³-hybridized carbons (Fsp3) is 0.333. The quantitative estimate of drug-likeness (QED) is 0.620. The number of fused-ring (bicyclic) bond motifs is 1. The molecule has 106 valence electrons. The number of ether oxygens (including phenoxy) is 2. The summed E-state index contributed by atoms with van der Waals surface area (Å²) in [6.45, 7) is 3.25. The van der Waals surface area contributed by atoms with Gasteiger partial charge in [-0.15, -0.1) is 0 Å². The van der Waals surface area contributed by atoms with Gasteiger partial charge < -0.3 is 14.0 Å². The molecule has 0 amide bonds. The van der Waals surface area contributed by atoms with Crippen molar-refractivity contribution in [2.45, 2.75) is 19.9 Å². The number of benzene rings is 1. The molecular weight excluding hydrogens is 258 g/mol. The molecule has 0 radical (unpaired) electrons. The lowest BCUT2D eigenvalue weighted by atomic mass is 10.2. The van der Waals surface area contributed by atoms with Crippen molar-refractivity contribution in [1.29, 1.82) is 0 Å². The highest BCUT2D eigenvalue weighted by Crippen LogP contribution is 2.20. The van der Waals surface area contributed by atoms with Gasteiger partial charge in [0, 0.05) is 18.6 Å². The highest BCUT2D eigenvalue weighted by Gasteiger charge is 2.17. The zero-order valence-corrected chi connectivity index (χ0v) is 11.5. The monoisotopic (exact) mass is 275 g/mol. The van der Waals surface area contributed by atoms with Crippen molar-refractivity contribution in [2.24, 2.45) is 0 Å². The van der Waals surface area contributed by atoms with Crippen molar-refractivity contribution in [3.8, 4) is 0 Å². The molecule has 0 saturated carbocycles. The van der Waals surface area contributed by atoms with Crippen molar-refractivity contribution >= 4 is 22.8 Å².